The van der Waals surface area contributed by atoms with Crippen molar-refractivity contribution in [3.05, 3.63) is 57.9 Å². The predicted octanol–water partition coefficient (Wildman–Crippen LogP) is 3.61. The second-order valence-electron chi connectivity index (χ2n) is 7.69. The minimum Gasteiger partial charge on any atom is -0.480 e. The average molecular weight is 403 g/mol. The van der Waals surface area contributed by atoms with Crippen LogP contribution >= 0.6 is 0 Å². The molecule has 1 aromatic carbocycles. The number of hydrogen-bond acceptors (Lipinski definition) is 3. The molecule has 2 aromatic rings. The minimum atomic E-state index is -3.28. The van der Waals surface area contributed by atoms with Crippen molar-refractivity contribution in [2.24, 2.45) is 11.8 Å². The Morgan fingerprint density at radius 1 is 1.36 bits per heavy atom. The number of benzene rings is 1. The second-order valence-corrected chi connectivity index (χ2v) is 9.77. The molecule has 0 fully saturated rings. The summed E-state index contributed by atoms with van der Waals surface area (Å²) in [5.41, 5.74) is 3.08. The predicted molar refractivity (Wildman–Crippen MR) is 105 cm³/mol. The van der Waals surface area contributed by atoms with Crippen molar-refractivity contribution in [2.75, 3.05) is 5.75 Å². The highest BCUT2D eigenvalue weighted by molar-refractivity contribution is 7.95. The Hall–Kier alpha value is -2.41. The number of carbonyl (C=O) groups is 1. The molecule has 2 heterocycles. The molecule has 4 rings (SSSR count). The van der Waals surface area contributed by atoms with E-state index in [-0.39, 0.29) is 24.1 Å². The number of allylic oxidation sites excluding steroid dienone is 4. The van der Waals surface area contributed by atoms with Crippen LogP contribution in [0.1, 0.15) is 24.6 Å². The topological polar surface area (TPSA) is 76.4 Å². The lowest BCUT2D eigenvalue weighted by Gasteiger charge is -2.27. The van der Waals surface area contributed by atoms with Gasteiger partial charge in [0.15, 0.2) is 9.84 Å². The van der Waals surface area contributed by atoms with Gasteiger partial charge < -0.3 is 9.67 Å². The molecule has 28 heavy (non-hydrogen) atoms. The molecule has 0 bridgehead atoms. The number of aromatic nitrogens is 1. The van der Waals surface area contributed by atoms with Crippen LogP contribution in [0.15, 0.2) is 40.8 Å². The lowest BCUT2D eigenvalue weighted by atomic mass is 9.81. The summed E-state index contributed by atoms with van der Waals surface area (Å²) in [4.78, 5) is 11.8. The van der Waals surface area contributed by atoms with Crippen LogP contribution in [0.25, 0.3) is 10.9 Å². The lowest BCUT2D eigenvalue weighted by molar-refractivity contribution is -0.137. The Kier molecular flexibility index (Phi) is 4.45. The zero-order valence-electron chi connectivity index (χ0n) is 15.8. The standard InChI is InChI=1S/C21H22FNO4S/c1-12-3-4-14-7-8-28(26,27)21(14)16(12)10-17-13(2)23(11-20(24)25)19-6-5-15(22)9-18(17)19/h3-6,9,12,16H,7-8,10-11H2,1-2H3,(H,24,25). The number of halogens is 1. The van der Waals surface area contributed by atoms with E-state index in [0.29, 0.717) is 28.6 Å². The first-order valence-corrected chi connectivity index (χ1v) is 11.0. The molecule has 2 atom stereocenters. The highest BCUT2D eigenvalue weighted by Crippen LogP contribution is 2.43. The monoisotopic (exact) mass is 403 g/mol. The zero-order chi connectivity index (χ0) is 20.2. The van der Waals surface area contributed by atoms with Crippen LogP contribution in [0.2, 0.25) is 0 Å². The van der Waals surface area contributed by atoms with Crippen LogP contribution in [0.5, 0.6) is 0 Å². The molecule has 1 aliphatic carbocycles. The van der Waals surface area contributed by atoms with Crippen LogP contribution in [-0.4, -0.2) is 29.8 Å². The van der Waals surface area contributed by atoms with Crippen LogP contribution in [-0.2, 0) is 27.6 Å². The third-order valence-electron chi connectivity index (χ3n) is 6.00. The number of carboxylic acids is 1. The maximum absolute atomic E-state index is 14.0. The molecule has 2 unspecified atom stereocenters. The lowest BCUT2D eigenvalue weighted by Crippen LogP contribution is -2.23. The van der Waals surface area contributed by atoms with Gasteiger partial charge in [0.2, 0.25) is 0 Å². The first-order chi connectivity index (χ1) is 13.2. The zero-order valence-corrected chi connectivity index (χ0v) is 16.6. The number of fused-ring (bicyclic) bond motifs is 1. The molecule has 7 heteroatoms. The van der Waals surface area contributed by atoms with Gasteiger partial charge in [-0.2, -0.15) is 0 Å². The Bertz CT molecular complexity index is 1160. The van der Waals surface area contributed by atoms with Crippen molar-refractivity contribution < 1.29 is 22.7 Å². The normalized spacial score (nSPS) is 23.4. The van der Waals surface area contributed by atoms with Crippen molar-refractivity contribution >= 4 is 26.7 Å². The highest BCUT2D eigenvalue weighted by Gasteiger charge is 2.38. The summed E-state index contributed by atoms with van der Waals surface area (Å²) in [6.07, 6.45) is 4.92. The van der Waals surface area contributed by atoms with E-state index in [1.807, 2.05) is 26.0 Å². The van der Waals surface area contributed by atoms with Crippen LogP contribution < -0.4 is 0 Å². The number of aliphatic carboxylic acids is 1. The second kappa shape index (κ2) is 6.58. The summed E-state index contributed by atoms with van der Waals surface area (Å²) in [6, 6.07) is 4.32. The average Bonchev–Trinajstić information content (AvgIpc) is 3.05. The van der Waals surface area contributed by atoms with Crippen LogP contribution in [0, 0.1) is 24.6 Å². The Morgan fingerprint density at radius 2 is 2.11 bits per heavy atom. The minimum absolute atomic E-state index is 0.0254. The van der Waals surface area contributed by atoms with Gasteiger partial charge in [-0.25, -0.2) is 12.8 Å². The number of carboxylic acid groups (broad SMARTS) is 1. The van der Waals surface area contributed by atoms with Gasteiger partial charge in [0, 0.05) is 22.5 Å². The van der Waals surface area contributed by atoms with E-state index >= 15 is 0 Å². The van der Waals surface area contributed by atoms with Gasteiger partial charge in [-0.15, -0.1) is 0 Å². The van der Waals surface area contributed by atoms with Crippen molar-refractivity contribution in [2.45, 2.75) is 33.2 Å². The van der Waals surface area contributed by atoms with E-state index in [4.69, 9.17) is 0 Å². The summed E-state index contributed by atoms with van der Waals surface area (Å²) < 4.78 is 41.0. The van der Waals surface area contributed by atoms with Gasteiger partial charge in [-0.1, -0.05) is 19.1 Å². The van der Waals surface area contributed by atoms with Gasteiger partial charge >= 0.3 is 5.97 Å². The fraction of sp³-hybridized carbons (Fsp3) is 0.381. The van der Waals surface area contributed by atoms with E-state index < -0.39 is 21.6 Å². The number of rotatable bonds is 4. The van der Waals surface area contributed by atoms with E-state index in [0.717, 1.165) is 16.8 Å². The molecule has 5 nitrogen and oxygen atoms in total. The third-order valence-corrected chi connectivity index (χ3v) is 7.97. The summed E-state index contributed by atoms with van der Waals surface area (Å²) in [7, 11) is -3.28. The van der Waals surface area contributed by atoms with E-state index in [9.17, 15) is 22.7 Å². The molecule has 0 saturated heterocycles. The van der Waals surface area contributed by atoms with Crippen LogP contribution in [0.3, 0.4) is 0 Å². The van der Waals surface area contributed by atoms with Gasteiger partial charge in [-0.3, -0.25) is 4.79 Å². The molecule has 2 aliphatic rings. The van der Waals surface area contributed by atoms with Gasteiger partial charge in [-0.05, 0) is 55.0 Å². The summed E-state index contributed by atoms with van der Waals surface area (Å²) in [5.74, 6) is -1.44. The molecular formula is C21H22FNO4S. The van der Waals surface area contributed by atoms with E-state index in [1.54, 1.807) is 10.6 Å². The van der Waals surface area contributed by atoms with Gasteiger partial charge in [0.1, 0.15) is 12.4 Å². The molecule has 148 valence electrons. The molecule has 0 saturated carbocycles. The van der Waals surface area contributed by atoms with Crippen molar-refractivity contribution in [3.8, 4) is 0 Å². The molecule has 1 aliphatic heterocycles. The summed E-state index contributed by atoms with van der Waals surface area (Å²) in [5, 5.41) is 9.93. The Morgan fingerprint density at radius 3 is 2.82 bits per heavy atom. The highest BCUT2D eigenvalue weighted by atomic mass is 32.2. The summed E-state index contributed by atoms with van der Waals surface area (Å²) in [6.45, 7) is 3.59. The van der Waals surface area contributed by atoms with Crippen molar-refractivity contribution in [3.63, 3.8) is 0 Å². The van der Waals surface area contributed by atoms with E-state index in [1.165, 1.54) is 12.1 Å². The first-order valence-electron chi connectivity index (χ1n) is 9.32. The fourth-order valence-electron chi connectivity index (χ4n) is 4.57. The van der Waals surface area contributed by atoms with Crippen molar-refractivity contribution in [1.82, 2.24) is 4.57 Å². The Labute approximate surface area is 163 Å². The van der Waals surface area contributed by atoms with E-state index in [2.05, 4.69) is 0 Å². The molecule has 0 radical (unpaired) electrons. The SMILES string of the molecule is Cc1c(CC2C3=C(C=CC2C)CCS3(=O)=O)c2cc(F)ccc2n1CC(=O)O. The maximum atomic E-state index is 14.0. The molecule has 1 N–H and O–H groups in total. The van der Waals surface area contributed by atoms with Crippen molar-refractivity contribution in [1.29, 1.82) is 0 Å². The molecular weight excluding hydrogens is 381 g/mol. The largest absolute Gasteiger partial charge is 0.480 e. The summed E-state index contributed by atoms with van der Waals surface area (Å²) >= 11 is 0. The number of sulfone groups is 1. The fourth-order valence-corrected chi connectivity index (χ4v) is 6.61. The number of hydrogen-bond donors (Lipinski definition) is 1. The smallest absolute Gasteiger partial charge is 0.323 e. The Balaban J connectivity index is 1.86. The molecule has 0 spiro atoms. The number of nitrogens with zero attached hydrogens (tertiary/aromatic N) is 1. The van der Waals surface area contributed by atoms with Crippen LogP contribution in [0.4, 0.5) is 4.39 Å². The molecule has 0 amide bonds. The third kappa shape index (κ3) is 2.98. The quantitative estimate of drug-likeness (QED) is 0.846. The maximum Gasteiger partial charge on any atom is 0.323 e. The molecule has 1 aromatic heterocycles. The van der Waals surface area contributed by atoms with Gasteiger partial charge in [0.05, 0.1) is 10.7 Å². The first kappa shape index (κ1) is 18.9. The van der Waals surface area contributed by atoms with Gasteiger partial charge in [0.25, 0.3) is 0 Å².